The van der Waals surface area contributed by atoms with Gasteiger partial charge in [0.1, 0.15) is 0 Å². The van der Waals surface area contributed by atoms with Crippen molar-refractivity contribution in [2.45, 2.75) is 27.7 Å². The summed E-state index contributed by atoms with van der Waals surface area (Å²) in [6.07, 6.45) is 1.65. The van der Waals surface area contributed by atoms with Gasteiger partial charge in [0.05, 0.1) is 0 Å². The van der Waals surface area contributed by atoms with Gasteiger partial charge >= 0.3 is 0 Å². The number of rotatable bonds is 4. The predicted octanol–water partition coefficient (Wildman–Crippen LogP) is 4.81. The highest BCUT2D eigenvalue weighted by molar-refractivity contribution is 6.05. The number of benzene rings is 2. The second-order valence-corrected chi connectivity index (χ2v) is 5.50. The number of hydrogen-bond acceptors (Lipinski definition) is 2. The first kappa shape index (κ1) is 15.0. The summed E-state index contributed by atoms with van der Waals surface area (Å²) in [5.74, 6) is 0.0188. The average molecular weight is 279 g/mol. The summed E-state index contributed by atoms with van der Waals surface area (Å²) in [5.41, 5.74) is 6.11. The molecule has 2 aromatic carbocycles. The molecule has 2 heteroatoms. The molecule has 0 aliphatic heterocycles. The molecule has 0 saturated heterocycles. The van der Waals surface area contributed by atoms with Crippen molar-refractivity contribution in [3.63, 3.8) is 0 Å². The Kier molecular flexibility index (Phi) is 4.59. The standard InChI is InChI=1S/C19H21NO/c1-13-6-9-17(10-7-13)19(21)12-16(4)20-18-11-14(2)5-8-15(18)3/h5-12,20H,1-4H3. The highest BCUT2D eigenvalue weighted by Gasteiger charge is 2.04. The van der Waals surface area contributed by atoms with Crippen LogP contribution in [0.2, 0.25) is 0 Å². The molecule has 0 aromatic heterocycles. The van der Waals surface area contributed by atoms with E-state index in [0.29, 0.717) is 5.56 Å². The van der Waals surface area contributed by atoms with Crippen molar-refractivity contribution in [1.82, 2.24) is 0 Å². The molecule has 0 atom stereocenters. The third-order valence-corrected chi connectivity index (χ3v) is 3.41. The fraction of sp³-hybridized carbons (Fsp3) is 0.211. The van der Waals surface area contributed by atoms with Gasteiger partial charge in [-0.1, -0.05) is 42.0 Å². The van der Waals surface area contributed by atoms with Crippen molar-refractivity contribution < 1.29 is 4.79 Å². The van der Waals surface area contributed by atoms with E-state index in [1.165, 1.54) is 5.56 Å². The van der Waals surface area contributed by atoms with Crippen LogP contribution in [0.25, 0.3) is 0 Å². The van der Waals surface area contributed by atoms with E-state index in [1.807, 2.05) is 38.1 Å². The Balaban J connectivity index is 2.15. The average Bonchev–Trinajstić information content (AvgIpc) is 2.43. The van der Waals surface area contributed by atoms with Crippen LogP contribution in [0.1, 0.15) is 34.0 Å². The van der Waals surface area contributed by atoms with E-state index < -0.39 is 0 Å². The monoisotopic (exact) mass is 279 g/mol. The Hall–Kier alpha value is -2.35. The molecule has 0 unspecified atom stereocenters. The lowest BCUT2D eigenvalue weighted by molar-refractivity contribution is 0.104. The Morgan fingerprint density at radius 1 is 0.952 bits per heavy atom. The Morgan fingerprint density at radius 3 is 2.24 bits per heavy atom. The fourth-order valence-electron chi connectivity index (χ4n) is 2.12. The summed E-state index contributed by atoms with van der Waals surface area (Å²) in [7, 11) is 0. The molecule has 2 aromatic rings. The van der Waals surface area contributed by atoms with E-state index >= 15 is 0 Å². The fourth-order valence-corrected chi connectivity index (χ4v) is 2.12. The van der Waals surface area contributed by atoms with E-state index in [4.69, 9.17) is 0 Å². The molecule has 0 spiro atoms. The Bertz CT molecular complexity index is 681. The van der Waals surface area contributed by atoms with Gasteiger partial charge in [0.25, 0.3) is 0 Å². The van der Waals surface area contributed by atoms with Crippen molar-refractivity contribution in [3.05, 3.63) is 76.5 Å². The lowest BCUT2D eigenvalue weighted by atomic mass is 10.1. The van der Waals surface area contributed by atoms with Crippen molar-refractivity contribution >= 4 is 11.5 Å². The number of nitrogens with one attached hydrogen (secondary N) is 1. The summed E-state index contributed by atoms with van der Waals surface area (Å²) in [6.45, 7) is 8.03. The molecular weight excluding hydrogens is 258 g/mol. The molecule has 1 N–H and O–H groups in total. The lowest BCUT2D eigenvalue weighted by Gasteiger charge is -2.10. The van der Waals surface area contributed by atoms with Crippen LogP contribution < -0.4 is 5.32 Å². The summed E-state index contributed by atoms with van der Waals surface area (Å²) in [4.78, 5) is 12.2. The number of hydrogen-bond donors (Lipinski definition) is 1. The van der Waals surface area contributed by atoms with Crippen LogP contribution in [0.5, 0.6) is 0 Å². The largest absolute Gasteiger partial charge is 0.359 e. The summed E-state index contributed by atoms with van der Waals surface area (Å²) in [5, 5.41) is 3.30. The van der Waals surface area contributed by atoms with Crippen LogP contribution in [-0.2, 0) is 0 Å². The maximum absolute atomic E-state index is 12.2. The number of allylic oxidation sites excluding steroid dienone is 2. The highest BCUT2D eigenvalue weighted by atomic mass is 16.1. The topological polar surface area (TPSA) is 29.1 Å². The van der Waals surface area contributed by atoms with Crippen molar-refractivity contribution in [3.8, 4) is 0 Å². The van der Waals surface area contributed by atoms with Crippen LogP contribution in [0.4, 0.5) is 5.69 Å². The number of aryl methyl sites for hydroxylation is 3. The molecular formula is C19H21NO. The molecule has 2 rings (SSSR count). The van der Waals surface area contributed by atoms with Crippen LogP contribution in [-0.4, -0.2) is 5.78 Å². The molecule has 108 valence electrons. The molecule has 0 fully saturated rings. The first-order valence-corrected chi connectivity index (χ1v) is 7.09. The molecule has 0 amide bonds. The van der Waals surface area contributed by atoms with Gasteiger partial charge in [-0.05, 0) is 44.9 Å². The van der Waals surface area contributed by atoms with Crippen molar-refractivity contribution in [2.24, 2.45) is 0 Å². The molecule has 0 heterocycles. The third-order valence-electron chi connectivity index (χ3n) is 3.41. The maximum Gasteiger partial charge on any atom is 0.187 e. The molecule has 21 heavy (non-hydrogen) atoms. The van der Waals surface area contributed by atoms with Gasteiger partial charge in [0.2, 0.25) is 0 Å². The Labute approximate surface area is 126 Å². The molecule has 0 bridgehead atoms. The molecule has 0 aliphatic carbocycles. The van der Waals surface area contributed by atoms with Gasteiger partial charge in [-0.25, -0.2) is 0 Å². The smallest absolute Gasteiger partial charge is 0.187 e. The van der Waals surface area contributed by atoms with E-state index in [9.17, 15) is 4.79 Å². The zero-order valence-electron chi connectivity index (χ0n) is 13.0. The molecule has 0 saturated carbocycles. The van der Waals surface area contributed by atoms with Crippen LogP contribution in [0.15, 0.2) is 54.2 Å². The molecule has 0 radical (unpaired) electrons. The van der Waals surface area contributed by atoms with E-state index in [-0.39, 0.29) is 5.78 Å². The SMILES string of the molecule is CC(=CC(=O)c1ccc(C)cc1)Nc1cc(C)ccc1C. The number of carbonyl (C=O) groups excluding carboxylic acids is 1. The first-order chi connectivity index (χ1) is 9.95. The highest BCUT2D eigenvalue weighted by Crippen LogP contribution is 2.18. The van der Waals surface area contributed by atoms with Crippen molar-refractivity contribution in [1.29, 1.82) is 0 Å². The zero-order chi connectivity index (χ0) is 15.4. The second-order valence-electron chi connectivity index (χ2n) is 5.50. The van der Waals surface area contributed by atoms with Gasteiger partial charge in [0.15, 0.2) is 5.78 Å². The number of anilines is 1. The van der Waals surface area contributed by atoms with Gasteiger partial charge in [0, 0.05) is 23.0 Å². The van der Waals surface area contributed by atoms with E-state index in [0.717, 1.165) is 22.5 Å². The van der Waals surface area contributed by atoms with Gasteiger partial charge in [-0.2, -0.15) is 0 Å². The minimum atomic E-state index is 0.0188. The number of ketones is 1. The second kappa shape index (κ2) is 6.40. The van der Waals surface area contributed by atoms with Gasteiger partial charge in [-0.15, -0.1) is 0 Å². The molecule has 0 aliphatic rings. The molecule has 2 nitrogen and oxygen atoms in total. The van der Waals surface area contributed by atoms with Crippen LogP contribution >= 0.6 is 0 Å². The summed E-state index contributed by atoms with van der Waals surface area (Å²) < 4.78 is 0. The van der Waals surface area contributed by atoms with Gasteiger partial charge < -0.3 is 5.32 Å². The number of carbonyl (C=O) groups is 1. The minimum Gasteiger partial charge on any atom is -0.359 e. The summed E-state index contributed by atoms with van der Waals surface area (Å²) in [6, 6.07) is 13.9. The minimum absolute atomic E-state index is 0.0188. The van der Waals surface area contributed by atoms with E-state index in [2.05, 4.69) is 37.4 Å². The van der Waals surface area contributed by atoms with E-state index in [1.54, 1.807) is 6.08 Å². The van der Waals surface area contributed by atoms with Crippen LogP contribution in [0.3, 0.4) is 0 Å². The van der Waals surface area contributed by atoms with Crippen molar-refractivity contribution in [2.75, 3.05) is 5.32 Å². The van der Waals surface area contributed by atoms with Gasteiger partial charge in [-0.3, -0.25) is 4.79 Å². The lowest BCUT2D eigenvalue weighted by Crippen LogP contribution is -2.02. The predicted molar refractivity (Wildman–Crippen MR) is 88.8 cm³/mol. The first-order valence-electron chi connectivity index (χ1n) is 7.09. The van der Waals surface area contributed by atoms with Crippen LogP contribution in [0, 0.1) is 20.8 Å². The third kappa shape index (κ3) is 4.06. The normalized spacial score (nSPS) is 11.3. The summed E-state index contributed by atoms with van der Waals surface area (Å²) >= 11 is 0. The maximum atomic E-state index is 12.2. The quantitative estimate of drug-likeness (QED) is 0.642. The zero-order valence-corrected chi connectivity index (χ0v) is 13.0. The Morgan fingerprint density at radius 2 is 1.57 bits per heavy atom.